The molecule has 0 spiro atoms. The van der Waals surface area contributed by atoms with E-state index in [0.29, 0.717) is 23.6 Å². The molecule has 2 rings (SSSR count). The van der Waals surface area contributed by atoms with E-state index in [0.717, 1.165) is 17.4 Å². The first-order valence-corrected chi connectivity index (χ1v) is 8.10. The van der Waals surface area contributed by atoms with Crippen LogP contribution in [0.15, 0.2) is 39.9 Å². The summed E-state index contributed by atoms with van der Waals surface area (Å²) in [5, 5.41) is 0. The molecular formula is C18H22N2O5. The maximum absolute atomic E-state index is 12.1. The fourth-order valence-electron chi connectivity index (χ4n) is 2.16. The quantitative estimate of drug-likeness (QED) is 0.562. The summed E-state index contributed by atoms with van der Waals surface area (Å²) in [7, 11) is 2.91. The molecule has 0 fully saturated rings. The highest BCUT2D eigenvalue weighted by Gasteiger charge is 2.11. The topological polar surface area (TPSA) is 79.5 Å². The van der Waals surface area contributed by atoms with E-state index in [-0.39, 0.29) is 6.61 Å². The minimum absolute atomic E-state index is 0.157. The van der Waals surface area contributed by atoms with Gasteiger partial charge in [0.1, 0.15) is 12.4 Å². The monoisotopic (exact) mass is 346 g/mol. The number of rotatable bonds is 7. The Hall–Kier alpha value is -2.83. The normalized spacial score (nSPS) is 10.5. The third-order valence-corrected chi connectivity index (χ3v) is 3.83. The predicted octanol–water partition coefficient (Wildman–Crippen LogP) is 1.62. The van der Waals surface area contributed by atoms with E-state index in [4.69, 9.17) is 9.47 Å². The molecule has 7 nitrogen and oxygen atoms in total. The molecule has 1 aromatic carbocycles. The third-order valence-electron chi connectivity index (χ3n) is 3.83. The predicted molar refractivity (Wildman–Crippen MR) is 92.9 cm³/mol. The minimum Gasteiger partial charge on any atom is -0.494 e. The number of hydrogen-bond donors (Lipinski definition) is 0. The van der Waals surface area contributed by atoms with E-state index in [1.807, 2.05) is 0 Å². The van der Waals surface area contributed by atoms with Crippen LogP contribution >= 0.6 is 0 Å². The van der Waals surface area contributed by atoms with E-state index in [2.05, 4.69) is 6.92 Å². The molecule has 0 saturated carbocycles. The van der Waals surface area contributed by atoms with Gasteiger partial charge in [-0.05, 0) is 30.7 Å². The molecular weight excluding hydrogens is 324 g/mol. The molecule has 0 N–H and O–H groups in total. The van der Waals surface area contributed by atoms with Crippen LogP contribution in [0.25, 0.3) is 0 Å². The zero-order valence-electron chi connectivity index (χ0n) is 14.7. The second kappa shape index (κ2) is 8.32. The van der Waals surface area contributed by atoms with Crippen LogP contribution in [0.5, 0.6) is 5.75 Å². The first-order valence-electron chi connectivity index (χ1n) is 8.10. The SMILES string of the molecule is CCCCOc1ccc(C(=O)OCc2cc(=O)n(C)c(=O)n2C)cc1. The van der Waals surface area contributed by atoms with Gasteiger partial charge in [0, 0.05) is 20.2 Å². The fraction of sp³-hybridized carbons (Fsp3) is 0.389. The van der Waals surface area contributed by atoms with Crippen molar-refractivity contribution in [3.63, 3.8) is 0 Å². The van der Waals surface area contributed by atoms with Gasteiger partial charge in [0.15, 0.2) is 0 Å². The Morgan fingerprint density at radius 3 is 2.40 bits per heavy atom. The van der Waals surface area contributed by atoms with Crippen molar-refractivity contribution in [2.45, 2.75) is 26.4 Å². The summed E-state index contributed by atoms with van der Waals surface area (Å²) in [5.74, 6) is 0.159. The number of aromatic nitrogens is 2. The highest BCUT2D eigenvalue weighted by molar-refractivity contribution is 5.89. The van der Waals surface area contributed by atoms with Crippen LogP contribution in [-0.4, -0.2) is 21.7 Å². The van der Waals surface area contributed by atoms with Crippen LogP contribution in [0, 0.1) is 0 Å². The Morgan fingerprint density at radius 2 is 1.76 bits per heavy atom. The Kier molecular flexibility index (Phi) is 6.16. The molecule has 0 unspecified atom stereocenters. The number of carbonyl (C=O) groups is 1. The van der Waals surface area contributed by atoms with Gasteiger partial charge < -0.3 is 9.47 Å². The number of benzene rings is 1. The zero-order chi connectivity index (χ0) is 18.4. The number of esters is 1. The molecule has 0 amide bonds. The number of nitrogens with zero attached hydrogens (tertiary/aromatic N) is 2. The second-order valence-electron chi connectivity index (χ2n) is 5.68. The first-order chi connectivity index (χ1) is 11.9. The standard InChI is InChI=1S/C18H22N2O5/c1-4-5-10-24-15-8-6-13(7-9-15)17(22)25-12-14-11-16(21)20(3)18(23)19(14)2/h6-9,11H,4-5,10,12H2,1-3H3. The van der Waals surface area contributed by atoms with Gasteiger partial charge in [-0.25, -0.2) is 9.59 Å². The molecule has 0 atom stereocenters. The van der Waals surface area contributed by atoms with Crippen molar-refractivity contribution < 1.29 is 14.3 Å². The van der Waals surface area contributed by atoms with Crippen molar-refractivity contribution in [1.82, 2.24) is 9.13 Å². The average Bonchev–Trinajstić information content (AvgIpc) is 2.62. The van der Waals surface area contributed by atoms with Crippen molar-refractivity contribution in [1.29, 1.82) is 0 Å². The van der Waals surface area contributed by atoms with E-state index in [1.165, 1.54) is 24.7 Å². The zero-order valence-corrected chi connectivity index (χ0v) is 14.7. The van der Waals surface area contributed by atoms with Crippen LogP contribution in [-0.2, 0) is 25.4 Å². The largest absolute Gasteiger partial charge is 0.494 e. The third kappa shape index (κ3) is 4.59. The van der Waals surface area contributed by atoms with Gasteiger partial charge in [-0.15, -0.1) is 0 Å². The maximum atomic E-state index is 12.1. The van der Waals surface area contributed by atoms with Crippen LogP contribution in [0.2, 0.25) is 0 Å². The Morgan fingerprint density at radius 1 is 1.08 bits per heavy atom. The summed E-state index contributed by atoms with van der Waals surface area (Å²) in [4.78, 5) is 35.6. The van der Waals surface area contributed by atoms with Crippen LogP contribution in [0.4, 0.5) is 0 Å². The summed E-state index contributed by atoms with van der Waals surface area (Å²) in [5.41, 5.74) is -0.201. The molecule has 0 saturated heterocycles. The number of ether oxygens (including phenoxy) is 2. The minimum atomic E-state index is -0.534. The van der Waals surface area contributed by atoms with Gasteiger partial charge in [0.25, 0.3) is 5.56 Å². The molecule has 2 aromatic rings. The van der Waals surface area contributed by atoms with Gasteiger partial charge in [0.05, 0.1) is 17.9 Å². The molecule has 0 radical (unpaired) electrons. The molecule has 7 heteroatoms. The summed E-state index contributed by atoms with van der Waals surface area (Å²) in [6.45, 7) is 2.56. The summed E-state index contributed by atoms with van der Waals surface area (Å²) in [6.07, 6.45) is 2.02. The smallest absolute Gasteiger partial charge is 0.338 e. The highest BCUT2D eigenvalue weighted by Crippen LogP contribution is 2.14. The maximum Gasteiger partial charge on any atom is 0.338 e. The lowest BCUT2D eigenvalue weighted by atomic mass is 10.2. The van der Waals surface area contributed by atoms with E-state index >= 15 is 0 Å². The van der Waals surface area contributed by atoms with Crippen molar-refractivity contribution in [2.24, 2.45) is 14.1 Å². The van der Waals surface area contributed by atoms with Gasteiger partial charge >= 0.3 is 11.7 Å². The molecule has 134 valence electrons. The van der Waals surface area contributed by atoms with Crippen molar-refractivity contribution in [3.8, 4) is 5.75 Å². The van der Waals surface area contributed by atoms with Gasteiger partial charge in [-0.2, -0.15) is 0 Å². The van der Waals surface area contributed by atoms with E-state index < -0.39 is 17.2 Å². The molecule has 0 aliphatic heterocycles. The number of hydrogen-bond acceptors (Lipinski definition) is 5. The van der Waals surface area contributed by atoms with Crippen LogP contribution in [0.1, 0.15) is 35.8 Å². The van der Waals surface area contributed by atoms with Crippen molar-refractivity contribution in [2.75, 3.05) is 6.61 Å². The Bertz CT molecular complexity index is 849. The summed E-state index contributed by atoms with van der Waals surface area (Å²) < 4.78 is 13.0. The van der Waals surface area contributed by atoms with E-state index in [1.54, 1.807) is 24.3 Å². The van der Waals surface area contributed by atoms with Crippen molar-refractivity contribution in [3.05, 3.63) is 62.4 Å². The highest BCUT2D eigenvalue weighted by atomic mass is 16.5. The van der Waals surface area contributed by atoms with Crippen molar-refractivity contribution >= 4 is 5.97 Å². The fourth-order valence-corrected chi connectivity index (χ4v) is 2.16. The Labute approximate surface area is 145 Å². The summed E-state index contributed by atoms with van der Waals surface area (Å²) >= 11 is 0. The lowest BCUT2D eigenvalue weighted by molar-refractivity contribution is 0.0462. The number of carbonyl (C=O) groups excluding carboxylic acids is 1. The van der Waals surface area contributed by atoms with Gasteiger partial charge in [0.2, 0.25) is 0 Å². The molecule has 0 aliphatic carbocycles. The van der Waals surface area contributed by atoms with E-state index in [9.17, 15) is 14.4 Å². The lowest BCUT2D eigenvalue weighted by Gasteiger charge is -2.10. The first kappa shape index (κ1) is 18.5. The lowest BCUT2D eigenvalue weighted by Crippen LogP contribution is -2.38. The molecule has 0 bridgehead atoms. The molecule has 1 aromatic heterocycles. The molecule has 25 heavy (non-hydrogen) atoms. The van der Waals surface area contributed by atoms with Gasteiger partial charge in [-0.3, -0.25) is 13.9 Å². The summed E-state index contributed by atoms with van der Waals surface area (Å²) in [6, 6.07) is 7.93. The second-order valence-corrected chi connectivity index (χ2v) is 5.68. The Balaban J connectivity index is 2.01. The molecule has 0 aliphatic rings. The van der Waals surface area contributed by atoms with Crippen LogP contribution in [0.3, 0.4) is 0 Å². The van der Waals surface area contributed by atoms with Crippen LogP contribution < -0.4 is 16.0 Å². The number of unbranched alkanes of at least 4 members (excludes halogenated alkanes) is 1. The average molecular weight is 346 g/mol. The molecule has 1 heterocycles. The van der Waals surface area contributed by atoms with Gasteiger partial charge in [-0.1, -0.05) is 13.3 Å².